The first kappa shape index (κ1) is 19.8. The number of aliphatic imine (C=N–C) groups is 1. The highest BCUT2D eigenvalue weighted by molar-refractivity contribution is 6.06. The molecule has 8 heteroatoms. The fourth-order valence-electron chi connectivity index (χ4n) is 2.77. The first-order valence-electron chi connectivity index (χ1n) is 9.27. The second-order valence-corrected chi connectivity index (χ2v) is 6.53. The van der Waals surface area contributed by atoms with E-state index in [1.165, 1.54) is 4.90 Å². The molecule has 3 amide bonds. The van der Waals surface area contributed by atoms with Crippen LogP contribution >= 0.6 is 0 Å². The summed E-state index contributed by atoms with van der Waals surface area (Å²) in [5.41, 5.74) is -0.769. The van der Waals surface area contributed by atoms with Crippen molar-refractivity contribution in [3.63, 3.8) is 0 Å². The summed E-state index contributed by atoms with van der Waals surface area (Å²) in [4.78, 5) is 30.1. The Morgan fingerprint density at radius 3 is 2.54 bits per heavy atom. The van der Waals surface area contributed by atoms with E-state index in [1.807, 2.05) is 38.4 Å². The van der Waals surface area contributed by atoms with E-state index in [2.05, 4.69) is 25.5 Å². The average molecular weight is 362 g/mol. The highest BCUT2D eigenvalue weighted by atomic mass is 16.2. The second kappa shape index (κ2) is 9.26. The van der Waals surface area contributed by atoms with Crippen LogP contribution in [0.2, 0.25) is 0 Å². The molecule has 0 radical (unpaired) electrons. The van der Waals surface area contributed by atoms with E-state index in [-0.39, 0.29) is 11.9 Å². The molecule has 1 fully saturated rings. The third-order valence-electron chi connectivity index (χ3n) is 4.53. The maximum atomic E-state index is 12.3. The van der Waals surface area contributed by atoms with Crippen LogP contribution in [0.15, 0.2) is 29.5 Å². The number of nitrogens with one attached hydrogen (secondary N) is 3. The summed E-state index contributed by atoms with van der Waals surface area (Å²) >= 11 is 0. The molecule has 0 bridgehead atoms. The van der Waals surface area contributed by atoms with Gasteiger partial charge >= 0.3 is 6.03 Å². The summed E-state index contributed by atoms with van der Waals surface area (Å²) in [5.74, 6) is 0.598. The van der Waals surface area contributed by atoms with Crippen LogP contribution < -0.4 is 16.0 Å². The summed E-state index contributed by atoms with van der Waals surface area (Å²) < 4.78 is 2.10. The minimum absolute atomic E-state index is 0.147. The zero-order valence-electron chi connectivity index (χ0n) is 15.9. The highest BCUT2D eigenvalue weighted by Gasteiger charge is 2.45. The molecule has 1 aliphatic heterocycles. The Kier molecular flexibility index (Phi) is 7.06. The summed E-state index contributed by atoms with van der Waals surface area (Å²) in [6.07, 6.45) is 5.26. The van der Waals surface area contributed by atoms with Crippen molar-refractivity contribution in [2.75, 3.05) is 26.2 Å². The molecule has 1 saturated heterocycles. The zero-order chi connectivity index (χ0) is 19.0. The van der Waals surface area contributed by atoms with Crippen molar-refractivity contribution in [1.29, 1.82) is 0 Å². The highest BCUT2D eigenvalue weighted by Crippen LogP contribution is 2.20. The van der Waals surface area contributed by atoms with E-state index in [9.17, 15) is 9.59 Å². The van der Waals surface area contributed by atoms with E-state index in [0.717, 1.165) is 25.6 Å². The fraction of sp³-hybridized carbons (Fsp3) is 0.611. The van der Waals surface area contributed by atoms with Gasteiger partial charge in [0, 0.05) is 45.1 Å². The topological polar surface area (TPSA) is 90.8 Å². The molecule has 0 aliphatic carbocycles. The Balaban J connectivity index is 1.77. The molecule has 1 aromatic heterocycles. The lowest BCUT2D eigenvalue weighted by molar-refractivity contribution is -0.130. The van der Waals surface area contributed by atoms with Crippen LogP contribution in [-0.2, 0) is 11.3 Å². The number of urea groups is 1. The zero-order valence-corrected chi connectivity index (χ0v) is 15.9. The van der Waals surface area contributed by atoms with Crippen molar-refractivity contribution in [3.8, 4) is 0 Å². The van der Waals surface area contributed by atoms with Gasteiger partial charge in [-0.05, 0) is 38.8 Å². The van der Waals surface area contributed by atoms with E-state index in [1.54, 1.807) is 6.92 Å². The summed E-state index contributed by atoms with van der Waals surface area (Å²) in [6, 6.07) is 3.69. The normalized spacial score (nSPS) is 20.4. The third kappa shape index (κ3) is 5.00. The fourth-order valence-corrected chi connectivity index (χ4v) is 2.77. The predicted molar refractivity (Wildman–Crippen MR) is 102 cm³/mol. The van der Waals surface area contributed by atoms with Crippen LogP contribution in [0.5, 0.6) is 0 Å². The second-order valence-electron chi connectivity index (χ2n) is 6.53. The van der Waals surface area contributed by atoms with Crippen molar-refractivity contribution in [3.05, 3.63) is 24.5 Å². The molecule has 0 aromatic carbocycles. The van der Waals surface area contributed by atoms with Gasteiger partial charge in [0.2, 0.25) is 0 Å². The lowest BCUT2D eigenvalue weighted by Crippen LogP contribution is -2.43. The largest absolute Gasteiger partial charge is 0.357 e. The first-order valence-corrected chi connectivity index (χ1v) is 9.27. The number of aromatic nitrogens is 1. The molecular formula is C18H30N6O2. The summed E-state index contributed by atoms with van der Waals surface area (Å²) in [6.45, 7) is 9.00. The van der Waals surface area contributed by atoms with Gasteiger partial charge in [-0.2, -0.15) is 0 Å². The van der Waals surface area contributed by atoms with Crippen LogP contribution in [0.25, 0.3) is 0 Å². The van der Waals surface area contributed by atoms with E-state index < -0.39 is 5.54 Å². The number of imide groups is 1. The Labute approximate surface area is 155 Å². The lowest BCUT2D eigenvalue weighted by atomic mass is 9.99. The van der Waals surface area contributed by atoms with Gasteiger partial charge in [-0.25, -0.2) is 4.79 Å². The van der Waals surface area contributed by atoms with Gasteiger partial charge in [0.25, 0.3) is 5.91 Å². The quantitative estimate of drug-likeness (QED) is 0.266. The van der Waals surface area contributed by atoms with Crippen molar-refractivity contribution < 1.29 is 9.59 Å². The first-order chi connectivity index (χ1) is 12.5. The van der Waals surface area contributed by atoms with Crippen LogP contribution in [-0.4, -0.2) is 59.1 Å². The van der Waals surface area contributed by atoms with Crippen molar-refractivity contribution in [2.45, 2.75) is 45.7 Å². The molecule has 1 aromatic rings. The Morgan fingerprint density at radius 2 is 1.92 bits per heavy atom. The molecule has 0 spiro atoms. The maximum Gasteiger partial charge on any atom is 0.325 e. The van der Waals surface area contributed by atoms with Crippen LogP contribution in [0.4, 0.5) is 4.79 Å². The average Bonchev–Trinajstić information content (AvgIpc) is 3.20. The van der Waals surface area contributed by atoms with Gasteiger partial charge in [0.1, 0.15) is 5.54 Å². The minimum Gasteiger partial charge on any atom is -0.357 e. The third-order valence-corrected chi connectivity index (χ3v) is 4.53. The number of hydrogen-bond donors (Lipinski definition) is 3. The van der Waals surface area contributed by atoms with Crippen LogP contribution in [0.1, 0.15) is 33.6 Å². The van der Waals surface area contributed by atoms with Gasteiger partial charge in [-0.1, -0.05) is 6.92 Å². The monoisotopic (exact) mass is 362 g/mol. The molecule has 2 heterocycles. The van der Waals surface area contributed by atoms with Gasteiger partial charge < -0.3 is 20.5 Å². The number of nitrogens with zero attached hydrogens (tertiary/aromatic N) is 3. The number of rotatable bonds is 9. The van der Waals surface area contributed by atoms with Gasteiger partial charge in [0.05, 0.1) is 0 Å². The van der Waals surface area contributed by atoms with Crippen molar-refractivity contribution in [1.82, 2.24) is 25.4 Å². The Hall–Kier alpha value is -2.51. The SMILES string of the molecule is CCNC(=NCCCN1C(=O)NC(C)(CC)C1=O)NCCn1cccc1. The maximum absolute atomic E-state index is 12.3. The van der Waals surface area contributed by atoms with Crippen LogP contribution in [0.3, 0.4) is 0 Å². The molecule has 1 atom stereocenters. The number of hydrogen-bond acceptors (Lipinski definition) is 3. The van der Waals surface area contributed by atoms with Crippen molar-refractivity contribution >= 4 is 17.9 Å². The molecule has 2 rings (SSSR count). The van der Waals surface area contributed by atoms with Gasteiger partial charge in [-0.15, -0.1) is 0 Å². The molecule has 26 heavy (non-hydrogen) atoms. The van der Waals surface area contributed by atoms with E-state index >= 15 is 0 Å². The smallest absolute Gasteiger partial charge is 0.325 e. The number of guanidine groups is 1. The lowest BCUT2D eigenvalue weighted by Gasteiger charge is -2.19. The molecule has 3 N–H and O–H groups in total. The Morgan fingerprint density at radius 1 is 1.19 bits per heavy atom. The number of amides is 3. The molecule has 1 unspecified atom stereocenters. The predicted octanol–water partition coefficient (Wildman–Crippen LogP) is 1.15. The standard InChI is InChI=1S/C18H30N6O2/c1-4-18(3)15(25)24(17(26)22-18)13-8-9-20-16(19-5-2)21-10-14-23-11-6-7-12-23/h6-7,11-12H,4-5,8-10,13-14H2,1-3H3,(H,22,26)(H2,19,20,21). The van der Waals surface area contributed by atoms with Gasteiger partial charge in [-0.3, -0.25) is 14.7 Å². The van der Waals surface area contributed by atoms with E-state index in [4.69, 9.17) is 0 Å². The minimum atomic E-state index is -0.769. The van der Waals surface area contributed by atoms with Gasteiger partial charge in [0.15, 0.2) is 5.96 Å². The summed E-state index contributed by atoms with van der Waals surface area (Å²) in [5, 5.41) is 9.25. The molecule has 144 valence electrons. The molecule has 1 aliphatic rings. The molecular weight excluding hydrogens is 332 g/mol. The molecule has 0 saturated carbocycles. The molecule has 8 nitrogen and oxygen atoms in total. The summed E-state index contributed by atoms with van der Waals surface area (Å²) in [7, 11) is 0. The Bertz CT molecular complexity index is 628. The van der Waals surface area contributed by atoms with Crippen LogP contribution in [0, 0.1) is 0 Å². The van der Waals surface area contributed by atoms with E-state index in [0.29, 0.717) is 25.9 Å². The number of carbonyl (C=O) groups excluding carboxylic acids is 2. The van der Waals surface area contributed by atoms with Crippen molar-refractivity contribution in [2.24, 2.45) is 4.99 Å². The number of carbonyl (C=O) groups is 2.